The van der Waals surface area contributed by atoms with Gasteiger partial charge in [0.25, 0.3) is 0 Å². The van der Waals surface area contributed by atoms with Gasteiger partial charge in [0, 0.05) is 11.1 Å². The van der Waals surface area contributed by atoms with Crippen LogP contribution < -0.4 is 10.5 Å². The lowest BCUT2D eigenvalue weighted by atomic mass is 9.98. The molecular formula is C16H20N2O. The zero-order chi connectivity index (χ0) is 14.4. The van der Waals surface area contributed by atoms with Crippen molar-refractivity contribution in [1.82, 2.24) is 0 Å². The van der Waals surface area contributed by atoms with E-state index in [-0.39, 0.29) is 0 Å². The first-order chi connectivity index (χ1) is 9.21. The fourth-order valence-corrected chi connectivity index (χ4v) is 2.12. The molecule has 0 aromatic heterocycles. The number of nitrogens with zero attached hydrogens (tertiary/aromatic N) is 1. The molecule has 0 spiro atoms. The Morgan fingerprint density at radius 2 is 1.95 bits per heavy atom. The number of nitrogens with two attached hydrogens (primary N) is 1. The average Bonchev–Trinajstić information content (AvgIpc) is 2.46. The van der Waals surface area contributed by atoms with Gasteiger partial charge in [-0.3, -0.25) is 0 Å². The van der Waals surface area contributed by atoms with Crippen molar-refractivity contribution in [2.75, 3.05) is 12.8 Å². The second-order valence-corrected chi connectivity index (χ2v) is 3.89. The molecule has 0 heterocycles. The highest BCUT2D eigenvalue weighted by atomic mass is 16.5. The summed E-state index contributed by atoms with van der Waals surface area (Å²) in [6, 6.07) is 9.66. The number of ether oxygens (including phenoxy) is 1. The van der Waals surface area contributed by atoms with Crippen molar-refractivity contribution in [3.8, 4) is 11.8 Å². The van der Waals surface area contributed by atoms with Gasteiger partial charge in [0.15, 0.2) is 0 Å². The summed E-state index contributed by atoms with van der Waals surface area (Å²) < 4.78 is 5.37. The lowest BCUT2D eigenvalue weighted by Gasteiger charge is -2.12. The molecule has 19 heavy (non-hydrogen) atoms. The van der Waals surface area contributed by atoms with E-state index in [1.165, 1.54) is 0 Å². The first-order valence-electron chi connectivity index (χ1n) is 6.50. The van der Waals surface area contributed by atoms with E-state index in [1.807, 2.05) is 32.0 Å². The van der Waals surface area contributed by atoms with E-state index >= 15 is 0 Å². The summed E-state index contributed by atoms with van der Waals surface area (Å²) in [5, 5.41) is 11.1. The largest absolute Gasteiger partial charge is 0.495 e. The van der Waals surface area contributed by atoms with E-state index in [0.29, 0.717) is 11.3 Å². The Balaban J connectivity index is 0.000000861. The van der Waals surface area contributed by atoms with Crippen molar-refractivity contribution in [2.45, 2.75) is 27.2 Å². The van der Waals surface area contributed by atoms with Gasteiger partial charge in [0.05, 0.1) is 12.7 Å². The molecule has 2 N–H and O–H groups in total. The Bertz CT molecular complexity index is 612. The van der Waals surface area contributed by atoms with Gasteiger partial charge < -0.3 is 10.5 Å². The molecule has 0 amide bonds. The molecule has 0 saturated heterocycles. The third kappa shape index (κ3) is 2.79. The van der Waals surface area contributed by atoms with Crippen molar-refractivity contribution in [1.29, 1.82) is 5.26 Å². The van der Waals surface area contributed by atoms with Gasteiger partial charge in [-0.2, -0.15) is 5.26 Å². The monoisotopic (exact) mass is 256 g/mol. The number of aryl methyl sites for hydroxylation is 1. The van der Waals surface area contributed by atoms with Gasteiger partial charge in [-0.1, -0.05) is 26.8 Å². The summed E-state index contributed by atoms with van der Waals surface area (Å²) in [5.74, 6) is 0.641. The normalized spacial score (nSPS) is 9.42. The third-order valence-electron chi connectivity index (χ3n) is 2.88. The van der Waals surface area contributed by atoms with Gasteiger partial charge in [0.2, 0.25) is 0 Å². The second kappa shape index (κ2) is 6.65. The summed E-state index contributed by atoms with van der Waals surface area (Å²) in [7, 11) is 1.59. The Hall–Kier alpha value is -2.21. The number of fused-ring (bicyclic) bond motifs is 1. The van der Waals surface area contributed by atoms with Crippen LogP contribution in [0.4, 0.5) is 5.69 Å². The maximum Gasteiger partial charge on any atom is 0.144 e. The first kappa shape index (κ1) is 14.8. The van der Waals surface area contributed by atoms with Gasteiger partial charge in [-0.15, -0.1) is 0 Å². The quantitative estimate of drug-likeness (QED) is 0.829. The Labute approximate surface area is 114 Å². The van der Waals surface area contributed by atoms with Crippen molar-refractivity contribution in [2.24, 2.45) is 0 Å². The fourth-order valence-electron chi connectivity index (χ4n) is 2.12. The van der Waals surface area contributed by atoms with Crippen LogP contribution in [0.2, 0.25) is 0 Å². The molecule has 0 aliphatic rings. The van der Waals surface area contributed by atoms with Crippen molar-refractivity contribution >= 4 is 16.5 Å². The smallest absolute Gasteiger partial charge is 0.144 e. The molecule has 2 rings (SSSR count). The fraction of sp³-hybridized carbons (Fsp3) is 0.312. The highest BCUT2D eigenvalue weighted by Crippen LogP contribution is 2.34. The molecule has 0 fully saturated rings. The molecule has 100 valence electrons. The predicted molar refractivity (Wildman–Crippen MR) is 80.4 cm³/mol. The number of rotatable bonds is 2. The van der Waals surface area contributed by atoms with Crippen LogP contribution in [0.3, 0.4) is 0 Å². The molecular weight excluding hydrogens is 236 g/mol. The van der Waals surface area contributed by atoms with E-state index < -0.39 is 0 Å². The first-order valence-corrected chi connectivity index (χ1v) is 6.50. The zero-order valence-corrected chi connectivity index (χ0v) is 11.9. The number of nitriles is 1. The summed E-state index contributed by atoms with van der Waals surface area (Å²) in [5.41, 5.74) is 8.25. The van der Waals surface area contributed by atoms with E-state index in [4.69, 9.17) is 15.7 Å². The van der Waals surface area contributed by atoms with Gasteiger partial charge >= 0.3 is 0 Å². The van der Waals surface area contributed by atoms with Crippen LogP contribution >= 0.6 is 0 Å². The van der Waals surface area contributed by atoms with Gasteiger partial charge in [-0.05, 0) is 35.6 Å². The lowest BCUT2D eigenvalue weighted by Crippen LogP contribution is -1.95. The van der Waals surface area contributed by atoms with Crippen LogP contribution in [-0.4, -0.2) is 7.11 Å². The summed E-state index contributed by atoms with van der Waals surface area (Å²) in [6.07, 6.45) is 0.854. The van der Waals surface area contributed by atoms with Crippen molar-refractivity contribution < 1.29 is 4.74 Å². The zero-order valence-electron chi connectivity index (χ0n) is 11.9. The molecule has 3 heteroatoms. The number of nitrogen functional groups attached to an aromatic ring is 1. The SMILES string of the molecule is CC.CCc1cc(N)cc2ccc(C#N)c(OC)c12. The molecule has 2 aromatic rings. The standard InChI is InChI=1S/C14H14N2O.C2H6/c1-3-9-6-12(16)7-10-4-5-11(8-15)14(17-2)13(9)10;1-2/h4-7H,3,16H2,1-2H3;1-2H3. The number of anilines is 1. The van der Waals surface area contributed by atoms with Crippen LogP contribution in [0.5, 0.6) is 5.75 Å². The highest BCUT2D eigenvalue weighted by Gasteiger charge is 2.11. The van der Waals surface area contributed by atoms with E-state index in [0.717, 1.165) is 28.4 Å². The molecule has 0 radical (unpaired) electrons. The number of hydrogen-bond acceptors (Lipinski definition) is 3. The maximum absolute atomic E-state index is 9.07. The van der Waals surface area contributed by atoms with Gasteiger partial charge in [0.1, 0.15) is 11.8 Å². The minimum absolute atomic E-state index is 0.555. The molecule has 0 aliphatic heterocycles. The van der Waals surface area contributed by atoms with E-state index in [2.05, 4.69) is 13.0 Å². The summed E-state index contributed by atoms with van der Waals surface area (Å²) in [6.45, 7) is 6.06. The number of benzene rings is 2. The van der Waals surface area contributed by atoms with Crippen LogP contribution in [0, 0.1) is 11.3 Å². The molecule has 0 saturated carbocycles. The van der Waals surface area contributed by atoms with Crippen LogP contribution in [0.15, 0.2) is 24.3 Å². The molecule has 0 aliphatic carbocycles. The number of methoxy groups -OCH3 is 1. The summed E-state index contributed by atoms with van der Waals surface area (Å²) >= 11 is 0. The number of hydrogen-bond donors (Lipinski definition) is 1. The Morgan fingerprint density at radius 1 is 1.26 bits per heavy atom. The lowest BCUT2D eigenvalue weighted by molar-refractivity contribution is 0.418. The van der Waals surface area contributed by atoms with Crippen LogP contribution in [0.1, 0.15) is 31.9 Å². The molecule has 0 bridgehead atoms. The Morgan fingerprint density at radius 3 is 2.47 bits per heavy atom. The topological polar surface area (TPSA) is 59.0 Å². The maximum atomic E-state index is 9.07. The highest BCUT2D eigenvalue weighted by molar-refractivity contribution is 5.95. The van der Waals surface area contributed by atoms with Crippen molar-refractivity contribution in [3.63, 3.8) is 0 Å². The van der Waals surface area contributed by atoms with Crippen LogP contribution in [0.25, 0.3) is 10.8 Å². The van der Waals surface area contributed by atoms with E-state index in [9.17, 15) is 0 Å². The molecule has 3 nitrogen and oxygen atoms in total. The average molecular weight is 256 g/mol. The third-order valence-corrected chi connectivity index (χ3v) is 2.88. The Kier molecular flexibility index (Phi) is 5.20. The minimum atomic E-state index is 0.555. The minimum Gasteiger partial charge on any atom is -0.495 e. The van der Waals surface area contributed by atoms with Gasteiger partial charge in [-0.25, -0.2) is 0 Å². The van der Waals surface area contributed by atoms with Crippen LogP contribution in [-0.2, 0) is 6.42 Å². The predicted octanol–water partition coefficient (Wildman–Crippen LogP) is 3.89. The van der Waals surface area contributed by atoms with E-state index in [1.54, 1.807) is 13.2 Å². The summed E-state index contributed by atoms with van der Waals surface area (Å²) in [4.78, 5) is 0. The van der Waals surface area contributed by atoms with Crippen molar-refractivity contribution in [3.05, 3.63) is 35.4 Å². The molecule has 0 atom stereocenters. The molecule has 0 unspecified atom stereocenters. The second-order valence-electron chi connectivity index (χ2n) is 3.89. The molecule has 2 aromatic carbocycles.